The maximum Gasteiger partial charge on any atom is 0.191 e. The number of rotatable bonds is 0. The largest absolute Gasteiger partial charge is 0.506 e. The van der Waals surface area contributed by atoms with Gasteiger partial charge >= 0.3 is 0 Å². The molecule has 4 N–H and O–H groups in total. The standard InChI is InChI=1S/C10H10N2O2/c1-5-2-3-6(13)10-9(5)7(14)4-8(11)12-10/h2-4,13H,1H3,(H3,11,12,14). The van der Waals surface area contributed by atoms with Crippen LogP contribution in [-0.4, -0.2) is 10.1 Å². The number of hydrogen-bond donors (Lipinski definition) is 3. The van der Waals surface area contributed by atoms with Gasteiger partial charge in [-0.3, -0.25) is 4.79 Å². The number of nitrogen functional groups attached to an aromatic ring is 1. The molecule has 14 heavy (non-hydrogen) atoms. The number of phenolic OH excluding ortho intramolecular Hbond substituents is 1. The summed E-state index contributed by atoms with van der Waals surface area (Å²) in [6.45, 7) is 1.81. The minimum absolute atomic E-state index is 0.0370. The van der Waals surface area contributed by atoms with Gasteiger partial charge in [0.1, 0.15) is 11.6 Å². The lowest BCUT2D eigenvalue weighted by Gasteiger charge is -2.04. The second-order valence-corrected chi connectivity index (χ2v) is 3.24. The van der Waals surface area contributed by atoms with E-state index in [0.717, 1.165) is 5.56 Å². The van der Waals surface area contributed by atoms with Crippen molar-refractivity contribution in [3.8, 4) is 5.75 Å². The lowest BCUT2D eigenvalue weighted by atomic mass is 10.1. The Bertz CT molecular complexity index is 558. The molecule has 4 heteroatoms. The summed E-state index contributed by atoms with van der Waals surface area (Å²) >= 11 is 0. The molecule has 2 aromatic rings. The Balaban J connectivity index is 3.08. The number of anilines is 1. The molecule has 72 valence electrons. The van der Waals surface area contributed by atoms with E-state index in [1.54, 1.807) is 6.07 Å². The third kappa shape index (κ3) is 1.12. The van der Waals surface area contributed by atoms with Gasteiger partial charge in [0.15, 0.2) is 5.43 Å². The summed E-state index contributed by atoms with van der Waals surface area (Å²) in [5.41, 5.74) is 6.52. The Morgan fingerprint density at radius 2 is 2.14 bits per heavy atom. The number of aromatic nitrogens is 1. The highest BCUT2D eigenvalue weighted by atomic mass is 16.3. The Kier molecular flexibility index (Phi) is 1.70. The van der Waals surface area contributed by atoms with Crippen LogP contribution in [0.3, 0.4) is 0 Å². The van der Waals surface area contributed by atoms with Crippen LogP contribution in [0, 0.1) is 6.92 Å². The van der Waals surface area contributed by atoms with Gasteiger partial charge in [-0.1, -0.05) is 6.07 Å². The predicted molar refractivity (Wildman–Crippen MR) is 55.4 cm³/mol. The van der Waals surface area contributed by atoms with Crippen LogP contribution in [0.4, 0.5) is 5.82 Å². The number of pyridine rings is 1. The highest BCUT2D eigenvalue weighted by molar-refractivity contribution is 5.88. The first-order valence-electron chi connectivity index (χ1n) is 4.20. The highest BCUT2D eigenvalue weighted by Gasteiger charge is 2.06. The fourth-order valence-electron chi connectivity index (χ4n) is 1.53. The number of H-pyrrole nitrogens is 1. The fourth-order valence-corrected chi connectivity index (χ4v) is 1.53. The van der Waals surface area contributed by atoms with Gasteiger partial charge < -0.3 is 15.8 Å². The van der Waals surface area contributed by atoms with Crippen molar-refractivity contribution >= 4 is 16.7 Å². The van der Waals surface area contributed by atoms with Crippen molar-refractivity contribution < 1.29 is 5.11 Å². The number of aromatic amines is 1. The molecule has 0 atom stereocenters. The summed E-state index contributed by atoms with van der Waals surface area (Å²) < 4.78 is 0. The van der Waals surface area contributed by atoms with E-state index < -0.39 is 0 Å². The van der Waals surface area contributed by atoms with Gasteiger partial charge in [0.2, 0.25) is 0 Å². The average molecular weight is 190 g/mol. The Labute approximate surface area is 80.0 Å². The summed E-state index contributed by atoms with van der Waals surface area (Å²) in [6.07, 6.45) is 0. The Hall–Kier alpha value is -1.97. The molecular weight excluding hydrogens is 180 g/mol. The highest BCUT2D eigenvalue weighted by Crippen LogP contribution is 2.23. The fraction of sp³-hybridized carbons (Fsp3) is 0.100. The van der Waals surface area contributed by atoms with Gasteiger partial charge in [0, 0.05) is 6.07 Å². The quantitative estimate of drug-likeness (QED) is 0.582. The summed E-state index contributed by atoms with van der Waals surface area (Å²) in [5, 5.41) is 10.0. The molecule has 0 aliphatic carbocycles. The minimum atomic E-state index is -0.176. The zero-order valence-corrected chi connectivity index (χ0v) is 7.66. The maximum atomic E-state index is 11.6. The average Bonchev–Trinajstić information content (AvgIpc) is 2.10. The molecule has 0 amide bonds. The van der Waals surface area contributed by atoms with Crippen LogP contribution in [-0.2, 0) is 0 Å². The summed E-state index contributed by atoms with van der Waals surface area (Å²) in [4.78, 5) is 14.3. The van der Waals surface area contributed by atoms with E-state index in [9.17, 15) is 9.90 Å². The van der Waals surface area contributed by atoms with Crippen LogP contribution in [0.25, 0.3) is 10.9 Å². The van der Waals surface area contributed by atoms with Crippen molar-refractivity contribution in [2.75, 3.05) is 5.73 Å². The summed E-state index contributed by atoms with van der Waals surface area (Å²) in [7, 11) is 0. The topological polar surface area (TPSA) is 79.1 Å². The molecule has 0 radical (unpaired) electrons. The van der Waals surface area contributed by atoms with Gasteiger partial charge in [-0.2, -0.15) is 0 Å². The molecule has 1 heterocycles. The molecule has 0 aliphatic rings. The van der Waals surface area contributed by atoms with Gasteiger partial charge in [-0.25, -0.2) is 0 Å². The van der Waals surface area contributed by atoms with E-state index in [1.807, 2.05) is 6.92 Å². The lowest BCUT2D eigenvalue weighted by Crippen LogP contribution is -2.06. The molecule has 0 spiro atoms. The van der Waals surface area contributed by atoms with Crippen LogP contribution < -0.4 is 11.2 Å². The summed E-state index contributed by atoms with van der Waals surface area (Å²) in [6, 6.07) is 4.55. The normalized spacial score (nSPS) is 10.6. The van der Waals surface area contributed by atoms with Gasteiger partial charge in [0.25, 0.3) is 0 Å². The lowest BCUT2D eigenvalue weighted by molar-refractivity contribution is 0.480. The van der Waals surface area contributed by atoms with Gasteiger partial charge in [-0.05, 0) is 18.6 Å². The SMILES string of the molecule is Cc1ccc(O)c2[nH]c(N)cc(=O)c12. The van der Waals surface area contributed by atoms with Gasteiger partial charge in [0.05, 0.1) is 10.9 Å². The first-order valence-corrected chi connectivity index (χ1v) is 4.20. The molecule has 0 fully saturated rings. The number of nitrogens with two attached hydrogens (primary N) is 1. The molecule has 0 bridgehead atoms. The van der Waals surface area contributed by atoms with Crippen molar-refractivity contribution in [1.29, 1.82) is 0 Å². The second-order valence-electron chi connectivity index (χ2n) is 3.24. The molecule has 0 unspecified atom stereocenters. The molecule has 0 aliphatic heterocycles. The first kappa shape index (κ1) is 8.62. The van der Waals surface area contributed by atoms with Crippen LogP contribution in [0.5, 0.6) is 5.75 Å². The zero-order chi connectivity index (χ0) is 10.3. The second kappa shape index (κ2) is 2.77. The Morgan fingerprint density at radius 3 is 2.86 bits per heavy atom. The number of benzene rings is 1. The third-order valence-corrected chi connectivity index (χ3v) is 2.19. The smallest absolute Gasteiger partial charge is 0.191 e. The number of hydrogen-bond acceptors (Lipinski definition) is 3. The molecule has 4 nitrogen and oxygen atoms in total. The molecule has 0 saturated carbocycles. The summed E-state index contributed by atoms with van der Waals surface area (Å²) in [5.74, 6) is 0.290. The first-order chi connectivity index (χ1) is 6.59. The van der Waals surface area contributed by atoms with Crippen molar-refractivity contribution in [1.82, 2.24) is 4.98 Å². The van der Waals surface area contributed by atoms with E-state index in [1.165, 1.54) is 12.1 Å². The molecule has 2 rings (SSSR count). The van der Waals surface area contributed by atoms with Crippen molar-refractivity contribution in [3.05, 3.63) is 34.0 Å². The minimum Gasteiger partial charge on any atom is -0.506 e. The van der Waals surface area contributed by atoms with Crippen molar-refractivity contribution in [3.63, 3.8) is 0 Å². The molecular formula is C10H10N2O2. The van der Waals surface area contributed by atoms with Crippen molar-refractivity contribution in [2.24, 2.45) is 0 Å². The number of phenols is 1. The molecule has 1 aromatic heterocycles. The van der Waals surface area contributed by atoms with E-state index in [2.05, 4.69) is 4.98 Å². The van der Waals surface area contributed by atoms with Gasteiger partial charge in [-0.15, -0.1) is 0 Å². The predicted octanol–water partition coefficient (Wildman–Crippen LogP) is 1.12. The van der Waals surface area contributed by atoms with Crippen LogP contribution >= 0.6 is 0 Å². The van der Waals surface area contributed by atoms with Crippen LogP contribution in [0.2, 0.25) is 0 Å². The van der Waals surface area contributed by atoms with E-state index in [-0.39, 0.29) is 17.0 Å². The van der Waals surface area contributed by atoms with E-state index >= 15 is 0 Å². The number of aryl methyl sites for hydroxylation is 1. The number of fused-ring (bicyclic) bond motifs is 1. The van der Waals surface area contributed by atoms with E-state index in [0.29, 0.717) is 10.9 Å². The van der Waals surface area contributed by atoms with E-state index in [4.69, 9.17) is 5.73 Å². The number of nitrogens with one attached hydrogen (secondary N) is 1. The number of aromatic hydroxyl groups is 1. The molecule has 0 saturated heterocycles. The maximum absolute atomic E-state index is 11.6. The van der Waals surface area contributed by atoms with Crippen LogP contribution in [0.1, 0.15) is 5.56 Å². The van der Waals surface area contributed by atoms with Crippen LogP contribution in [0.15, 0.2) is 23.0 Å². The third-order valence-electron chi connectivity index (χ3n) is 2.19. The Morgan fingerprint density at radius 1 is 1.43 bits per heavy atom. The van der Waals surface area contributed by atoms with Crippen molar-refractivity contribution in [2.45, 2.75) is 6.92 Å². The zero-order valence-electron chi connectivity index (χ0n) is 7.66. The molecule has 1 aromatic carbocycles. The monoisotopic (exact) mass is 190 g/mol.